The lowest BCUT2D eigenvalue weighted by Gasteiger charge is -2.14. The minimum Gasteiger partial charge on any atom is -0.548 e. The fourth-order valence-electron chi connectivity index (χ4n) is 2.28. The number of hydrogen-bond donors (Lipinski definition) is 0. The van der Waals surface area contributed by atoms with E-state index in [0.29, 0.717) is 4.91 Å². The molecule has 0 radical (unpaired) electrons. The summed E-state index contributed by atoms with van der Waals surface area (Å²) in [7, 11) is 0. The second-order valence-corrected chi connectivity index (χ2v) is 6.38. The summed E-state index contributed by atoms with van der Waals surface area (Å²) < 4.78 is 0.237. The van der Waals surface area contributed by atoms with Gasteiger partial charge in [-0.25, -0.2) is 0 Å². The Labute approximate surface area is 136 Å². The van der Waals surface area contributed by atoms with Crippen LogP contribution in [-0.2, 0) is 9.59 Å². The second kappa shape index (κ2) is 5.90. The van der Waals surface area contributed by atoms with Crippen molar-refractivity contribution in [1.29, 1.82) is 0 Å². The molecule has 4 nitrogen and oxygen atoms in total. The highest BCUT2D eigenvalue weighted by molar-refractivity contribution is 8.26. The molecular weight excluding hydrogens is 318 g/mol. The maximum Gasteiger partial charge on any atom is 0.266 e. The van der Waals surface area contributed by atoms with E-state index in [4.69, 9.17) is 12.2 Å². The van der Waals surface area contributed by atoms with Crippen molar-refractivity contribution in [3.63, 3.8) is 0 Å². The van der Waals surface area contributed by atoms with Crippen LogP contribution in [0.2, 0.25) is 0 Å². The molecule has 1 heterocycles. The van der Waals surface area contributed by atoms with E-state index >= 15 is 0 Å². The van der Waals surface area contributed by atoms with E-state index in [1.165, 1.54) is 0 Å². The molecule has 0 bridgehead atoms. The van der Waals surface area contributed by atoms with Crippen LogP contribution in [-0.4, -0.2) is 27.6 Å². The zero-order valence-corrected chi connectivity index (χ0v) is 12.9. The maximum absolute atomic E-state index is 12.3. The molecule has 3 rings (SSSR count). The lowest BCUT2D eigenvalue weighted by atomic mass is 10.0. The fourth-order valence-corrected chi connectivity index (χ4v) is 3.53. The molecular formula is C16H10NO3S2-. The maximum atomic E-state index is 12.3. The van der Waals surface area contributed by atoms with Crippen LogP contribution < -0.4 is 5.11 Å². The van der Waals surface area contributed by atoms with Gasteiger partial charge in [0.05, 0.1) is 17.4 Å². The predicted molar refractivity (Wildman–Crippen MR) is 88.8 cm³/mol. The largest absolute Gasteiger partial charge is 0.548 e. The molecule has 0 aliphatic carbocycles. The van der Waals surface area contributed by atoms with Crippen molar-refractivity contribution in [2.45, 2.75) is 0 Å². The quantitative estimate of drug-likeness (QED) is 0.635. The Morgan fingerprint density at radius 3 is 2.73 bits per heavy atom. The standard InChI is InChI=1S/C16H11NO3S2/c18-14(19)9-17-15(20)13(22-16(17)21)8-11-6-3-5-10-4-1-2-7-12(10)11/h1-8H,9H2,(H,18,19)/p-1/b13-8+. The first-order chi connectivity index (χ1) is 10.6. The number of hydrogen-bond acceptors (Lipinski definition) is 5. The SMILES string of the molecule is O=C([O-])CN1C(=O)/C(=C\c2cccc3ccccc23)SC1=S. The highest BCUT2D eigenvalue weighted by atomic mass is 32.2. The highest BCUT2D eigenvalue weighted by Gasteiger charge is 2.31. The summed E-state index contributed by atoms with van der Waals surface area (Å²) in [5.74, 6) is -1.73. The van der Waals surface area contributed by atoms with E-state index < -0.39 is 18.4 Å². The van der Waals surface area contributed by atoms with Gasteiger partial charge in [0.1, 0.15) is 4.32 Å². The van der Waals surface area contributed by atoms with Crippen molar-refractivity contribution in [2.24, 2.45) is 0 Å². The van der Waals surface area contributed by atoms with Gasteiger partial charge in [0.15, 0.2) is 0 Å². The molecule has 0 saturated carbocycles. The van der Waals surface area contributed by atoms with Gasteiger partial charge in [0.25, 0.3) is 5.91 Å². The Hall–Kier alpha value is -2.18. The Bertz CT molecular complexity index is 824. The number of rotatable bonds is 3. The molecule has 1 amide bonds. The van der Waals surface area contributed by atoms with Crippen molar-refractivity contribution in [2.75, 3.05) is 6.54 Å². The summed E-state index contributed by atoms with van der Waals surface area (Å²) in [6.07, 6.45) is 1.75. The highest BCUT2D eigenvalue weighted by Crippen LogP contribution is 2.33. The van der Waals surface area contributed by atoms with E-state index in [0.717, 1.165) is 33.0 Å². The Morgan fingerprint density at radius 1 is 1.23 bits per heavy atom. The van der Waals surface area contributed by atoms with Crippen LogP contribution in [0.3, 0.4) is 0 Å². The molecule has 2 aromatic rings. The van der Waals surface area contributed by atoms with Crippen molar-refractivity contribution in [3.8, 4) is 0 Å². The number of carbonyl (C=O) groups excluding carboxylic acids is 2. The van der Waals surface area contributed by atoms with Crippen molar-refractivity contribution in [3.05, 3.63) is 52.9 Å². The molecule has 22 heavy (non-hydrogen) atoms. The van der Waals surface area contributed by atoms with E-state index in [2.05, 4.69) is 0 Å². The fraction of sp³-hybridized carbons (Fsp3) is 0.0625. The molecule has 1 aliphatic rings. The van der Waals surface area contributed by atoms with Crippen molar-refractivity contribution < 1.29 is 14.7 Å². The number of nitrogens with zero attached hydrogens (tertiary/aromatic N) is 1. The zero-order chi connectivity index (χ0) is 15.7. The Morgan fingerprint density at radius 2 is 1.95 bits per heavy atom. The normalized spacial score (nSPS) is 16.7. The average molecular weight is 328 g/mol. The van der Waals surface area contributed by atoms with E-state index in [1.807, 2.05) is 42.5 Å². The van der Waals surface area contributed by atoms with Gasteiger partial charge in [-0.15, -0.1) is 0 Å². The third-order valence-electron chi connectivity index (χ3n) is 3.27. The number of fused-ring (bicyclic) bond motifs is 1. The monoisotopic (exact) mass is 328 g/mol. The number of carbonyl (C=O) groups is 2. The molecule has 110 valence electrons. The first-order valence-electron chi connectivity index (χ1n) is 6.49. The van der Waals surface area contributed by atoms with Crippen molar-refractivity contribution in [1.82, 2.24) is 4.90 Å². The first-order valence-corrected chi connectivity index (χ1v) is 7.72. The van der Waals surface area contributed by atoms with E-state index in [-0.39, 0.29) is 4.32 Å². The van der Waals surface area contributed by atoms with Gasteiger partial charge < -0.3 is 9.90 Å². The zero-order valence-electron chi connectivity index (χ0n) is 11.3. The smallest absolute Gasteiger partial charge is 0.266 e. The lowest BCUT2D eigenvalue weighted by Crippen LogP contribution is -2.40. The second-order valence-electron chi connectivity index (χ2n) is 4.71. The molecule has 1 saturated heterocycles. The van der Waals surface area contributed by atoms with Gasteiger partial charge in [0, 0.05) is 0 Å². The molecule has 2 aromatic carbocycles. The summed E-state index contributed by atoms with van der Waals surface area (Å²) in [6, 6.07) is 13.7. The van der Waals surface area contributed by atoms with Crippen LogP contribution in [0.25, 0.3) is 16.8 Å². The molecule has 0 aromatic heterocycles. The Kier molecular flexibility index (Phi) is 3.96. The summed E-state index contributed by atoms with van der Waals surface area (Å²) in [5.41, 5.74) is 0.895. The molecule has 1 fully saturated rings. The number of aliphatic carboxylic acids is 1. The van der Waals surface area contributed by atoms with E-state index in [1.54, 1.807) is 6.08 Å². The summed E-state index contributed by atoms with van der Waals surface area (Å²) >= 11 is 6.17. The molecule has 0 unspecified atom stereocenters. The van der Waals surface area contributed by atoms with Gasteiger partial charge in [0.2, 0.25) is 0 Å². The number of carboxylic acids is 1. The van der Waals surface area contributed by atoms with Gasteiger partial charge in [-0.1, -0.05) is 66.4 Å². The van der Waals surface area contributed by atoms with Gasteiger partial charge in [-0.3, -0.25) is 9.69 Å². The third kappa shape index (κ3) is 2.75. The Balaban J connectivity index is 2.00. The van der Waals surface area contributed by atoms with Crippen LogP contribution in [0.4, 0.5) is 0 Å². The average Bonchev–Trinajstić information content (AvgIpc) is 2.75. The number of amides is 1. The molecule has 0 N–H and O–H groups in total. The molecule has 0 spiro atoms. The molecule has 1 aliphatic heterocycles. The molecule has 0 atom stereocenters. The first kappa shape index (κ1) is 14.7. The number of thioether (sulfide) groups is 1. The van der Waals surface area contributed by atoms with Crippen molar-refractivity contribution >= 4 is 57.0 Å². The summed E-state index contributed by atoms with van der Waals surface area (Å²) in [5, 5.41) is 12.8. The summed E-state index contributed by atoms with van der Waals surface area (Å²) in [4.78, 5) is 24.4. The number of benzene rings is 2. The van der Waals surface area contributed by atoms with E-state index in [9.17, 15) is 14.7 Å². The molecule has 6 heteroatoms. The van der Waals surface area contributed by atoms with Gasteiger partial charge in [-0.05, 0) is 22.4 Å². The van der Waals surface area contributed by atoms with Crippen LogP contribution in [0.5, 0.6) is 0 Å². The van der Waals surface area contributed by atoms with Crippen LogP contribution in [0.15, 0.2) is 47.4 Å². The van der Waals surface area contributed by atoms with Gasteiger partial charge >= 0.3 is 0 Å². The van der Waals surface area contributed by atoms with Crippen LogP contribution in [0.1, 0.15) is 5.56 Å². The summed E-state index contributed by atoms with van der Waals surface area (Å²) in [6.45, 7) is -0.516. The number of thiocarbonyl (C=S) groups is 1. The third-order valence-corrected chi connectivity index (χ3v) is 4.65. The van der Waals surface area contributed by atoms with Crippen LogP contribution >= 0.6 is 24.0 Å². The van der Waals surface area contributed by atoms with Crippen LogP contribution in [0, 0.1) is 0 Å². The topological polar surface area (TPSA) is 60.4 Å². The minimum atomic E-state index is -1.33. The minimum absolute atomic E-state index is 0.237. The number of carboxylic acid groups (broad SMARTS) is 1. The van der Waals surface area contributed by atoms with Gasteiger partial charge in [-0.2, -0.15) is 0 Å². The lowest BCUT2D eigenvalue weighted by molar-refractivity contribution is -0.305. The predicted octanol–water partition coefficient (Wildman–Crippen LogP) is 1.79.